The van der Waals surface area contributed by atoms with Crippen LogP contribution in [0.2, 0.25) is 0 Å². The summed E-state index contributed by atoms with van der Waals surface area (Å²) in [6, 6.07) is 11.9. The van der Waals surface area contributed by atoms with E-state index in [9.17, 15) is 14.4 Å². The number of halogens is 1. The zero-order valence-corrected chi connectivity index (χ0v) is 17.1. The first kappa shape index (κ1) is 20.4. The Hall–Kier alpha value is -3.33. The van der Waals surface area contributed by atoms with Crippen LogP contribution in [-0.2, 0) is 14.4 Å². The molecule has 2 N–H and O–H groups in total. The molecule has 1 aliphatic rings. The number of nitrogens with zero attached hydrogens (tertiary/aromatic N) is 1. The third-order valence-electron chi connectivity index (χ3n) is 4.11. The first-order valence-electron chi connectivity index (χ1n) is 8.51. The number of anilines is 1. The first-order valence-corrected chi connectivity index (χ1v) is 9.30. The molecular weight excluding hydrogens is 444 g/mol. The van der Waals surface area contributed by atoms with Crippen molar-refractivity contribution in [1.82, 2.24) is 5.43 Å². The Kier molecular flexibility index (Phi) is 5.88. The molecule has 2 aromatic carbocycles. The fraction of sp³-hybridized carbons (Fsp3) is 0.150. The largest absolute Gasteiger partial charge is 0.493 e. The van der Waals surface area contributed by atoms with Gasteiger partial charge in [0, 0.05) is 0 Å². The van der Waals surface area contributed by atoms with E-state index in [1.807, 2.05) is 0 Å². The standard InChI is InChI=1S/C20H17BrN2O6/c1-11(20(26)27)29-17-15(21)9-12(10-16(17)28-2)8-14-18(24)22-23(19(14)25)13-6-4-3-5-7-13/h3-11H,1-2H3,(H,22,24)(H,26,27)/b14-8-/t11-/m0/s1. The van der Waals surface area contributed by atoms with Crippen LogP contribution in [0.15, 0.2) is 52.5 Å². The molecule has 0 saturated carbocycles. The average Bonchev–Trinajstić information content (AvgIpc) is 2.98. The van der Waals surface area contributed by atoms with Gasteiger partial charge in [-0.25, -0.2) is 9.80 Å². The Morgan fingerprint density at radius 3 is 2.55 bits per heavy atom. The molecule has 1 heterocycles. The fourth-order valence-electron chi connectivity index (χ4n) is 2.65. The monoisotopic (exact) mass is 460 g/mol. The number of para-hydroxylation sites is 1. The lowest BCUT2D eigenvalue weighted by Gasteiger charge is -2.16. The summed E-state index contributed by atoms with van der Waals surface area (Å²) in [5.41, 5.74) is 3.52. The molecule has 9 heteroatoms. The molecule has 0 aliphatic carbocycles. The van der Waals surface area contributed by atoms with E-state index in [0.29, 0.717) is 15.7 Å². The van der Waals surface area contributed by atoms with Crippen LogP contribution in [-0.4, -0.2) is 36.1 Å². The molecule has 0 aromatic heterocycles. The van der Waals surface area contributed by atoms with Gasteiger partial charge in [-0.2, -0.15) is 0 Å². The number of carboxylic acid groups (broad SMARTS) is 1. The van der Waals surface area contributed by atoms with Crippen LogP contribution < -0.4 is 19.9 Å². The van der Waals surface area contributed by atoms with Crippen LogP contribution in [0.5, 0.6) is 11.5 Å². The first-order chi connectivity index (χ1) is 13.8. The maximum Gasteiger partial charge on any atom is 0.344 e. The second kappa shape index (κ2) is 8.36. The molecule has 8 nitrogen and oxygen atoms in total. The molecule has 2 amide bonds. The van der Waals surface area contributed by atoms with Gasteiger partial charge in [0.1, 0.15) is 5.57 Å². The van der Waals surface area contributed by atoms with Gasteiger partial charge in [0.15, 0.2) is 17.6 Å². The number of carbonyl (C=O) groups excluding carboxylic acids is 2. The molecule has 3 rings (SSSR count). The third kappa shape index (κ3) is 4.24. The molecule has 0 bridgehead atoms. The summed E-state index contributed by atoms with van der Waals surface area (Å²) >= 11 is 3.32. The molecule has 0 radical (unpaired) electrons. The minimum absolute atomic E-state index is 0.0459. The summed E-state index contributed by atoms with van der Waals surface area (Å²) in [6.07, 6.45) is 0.337. The quantitative estimate of drug-likeness (QED) is 0.507. The lowest BCUT2D eigenvalue weighted by Crippen LogP contribution is -2.35. The second-order valence-electron chi connectivity index (χ2n) is 6.11. The van der Waals surface area contributed by atoms with Crippen LogP contribution in [0.1, 0.15) is 12.5 Å². The molecule has 0 unspecified atom stereocenters. The van der Waals surface area contributed by atoms with Gasteiger partial charge in [0.2, 0.25) is 0 Å². The second-order valence-corrected chi connectivity index (χ2v) is 6.96. The summed E-state index contributed by atoms with van der Waals surface area (Å²) in [5, 5.41) is 10.2. The fourth-order valence-corrected chi connectivity index (χ4v) is 3.20. The average molecular weight is 461 g/mol. The maximum absolute atomic E-state index is 12.7. The van der Waals surface area contributed by atoms with Crippen molar-refractivity contribution in [2.24, 2.45) is 0 Å². The van der Waals surface area contributed by atoms with Crippen molar-refractivity contribution >= 4 is 45.5 Å². The van der Waals surface area contributed by atoms with Crippen molar-refractivity contribution in [2.45, 2.75) is 13.0 Å². The number of aliphatic carboxylic acids is 1. The van der Waals surface area contributed by atoms with Crippen LogP contribution in [0.25, 0.3) is 6.08 Å². The number of methoxy groups -OCH3 is 1. The van der Waals surface area contributed by atoms with Crippen molar-refractivity contribution < 1.29 is 29.0 Å². The van der Waals surface area contributed by atoms with Gasteiger partial charge in [0.05, 0.1) is 17.3 Å². The van der Waals surface area contributed by atoms with Crippen molar-refractivity contribution in [1.29, 1.82) is 0 Å². The number of carboxylic acids is 1. The Balaban J connectivity index is 1.94. The Morgan fingerprint density at radius 1 is 1.24 bits per heavy atom. The Labute approximate surface area is 174 Å². The SMILES string of the molecule is COc1cc(/C=C2/C(=O)NN(c3ccccc3)C2=O)cc(Br)c1O[C@@H](C)C(=O)O. The number of benzene rings is 2. The molecule has 1 atom stereocenters. The van der Waals surface area contributed by atoms with Gasteiger partial charge >= 0.3 is 5.97 Å². The zero-order chi connectivity index (χ0) is 21.1. The molecule has 29 heavy (non-hydrogen) atoms. The molecule has 1 saturated heterocycles. The number of amides is 2. The predicted octanol–water partition coefficient (Wildman–Crippen LogP) is 2.77. The number of nitrogens with one attached hydrogen (secondary N) is 1. The van der Waals surface area contributed by atoms with Gasteiger partial charge in [-0.15, -0.1) is 0 Å². The molecule has 2 aromatic rings. The summed E-state index contributed by atoms with van der Waals surface area (Å²) in [6.45, 7) is 1.39. The number of hydrazine groups is 1. The van der Waals surface area contributed by atoms with Crippen LogP contribution in [0.4, 0.5) is 5.69 Å². The molecular formula is C20H17BrN2O6. The van der Waals surface area contributed by atoms with Crippen molar-refractivity contribution in [3.05, 3.63) is 58.1 Å². The van der Waals surface area contributed by atoms with E-state index in [4.69, 9.17) is 14.6 Å². The van der Waals surface area contributed by atoms with Gasteiger partial charge in [-0.3, -0.25) is 15.0 Å². The van der Waals surface area contributed by atoms with Crippen LogP contribution in [0.3, 0.4) is 0 Å². The van der Waals surface area contributed by atoms with E-state index in [1.165, 1.54) is 25.1 Å². The zero-order valence-electron chi connectivity index (χ0n) is 15.5. The van der Waals surface area contributed by atoms with Crippen molar-refractivity contribution in [3.63, 3.8) is 0 Å². The normalized spacial score (nSPS) is 16.0. The summed E-state index contributed by atoms with van der Waals surface area (Å²) in [4.78, 5) is 36.1. The minimum atomic E-state index is -1.13. The summed E-state index contributed by atoms with van der Waals surface area (Å²) in [7, 11) is 1.40. The van der Waals surface area contributed by atoms with E-state index >= 15 is 0 Å². The summed E-state index contributed by atoms with van der Waals surface area (Å²) < 4.78 is 11.1. The number of ether oxygens (including phenoxy) is 2. The molecule has 0 spiro atoms. The van der Waals surface area contributed by atoms with Gasteiger partial charge in [-0.1, -0.05) is 18.2 Å². The number of carbonyl (C=O) groups is 3. The van der Waals surface area contributed by atoms with Gasteiger partial charge in [0.25, 0.3) is 11.8 Å². The van der Waals surface area contributed by atoms with Crippen molar-refractivity contribution in [2.75, 3.05) is 12.1 Å². The highest BCUT2D eigenvalue weighted by Gasteiger charge is 2.34. The van der Waals surface area contributed by atoms with Gasteiger partial charge in [-0.05, 0) is 58.8 Å². The van der Waals surface area contributed by atoms with E-state index in [1.54, 1.807) is 42.5 Å². The highest BCUT2D eigenvalue weighted by molar-refractivity contribution is 9.10. The number of hydrogen-bond acceptors (Lipinski definition) is 5. The third-order valence-corrected chi connectivity index (χ3v) is 4.70. The lowest BCUT2D eigenvalue weighted by atomic mass is 10.1. The highest BCUT2D eigenvalue weighted by atomic mass is 79.9. The van der Waals surface area contributed by atoms with E-state index < -0.39 is 23.9 Å². The van der Waals surface area contributed by atoms with E-state index in [2.05, 4.69) is 21.4 Å². The maximum atomic E-state index is 12.7. The van der Waals surface area contributed by atoms with E-state index in [0.717, 1.165) is 0 Å². The van der Waals surface area contributed by atoms with Crippen LogP contribution in [0, 0.1) is 0 Å². The Morgan fingerprint density at radius 2 is 1.93 bits per heavy atom. The number of rotatable bonds is 6. The predicted molar refractivity (Wildman–Crippen MR) is 108 cm³/mol. The Bertz CT molecular complexity index is 1010. The number of hydrogen-bond donors (Lipinski definition) is 2. The minimum Gasteiger partial charge on any atom is -0.493 e. The highest BCUT2D eigenvalue weighted by Crippen LogP contribution is 2.38. The molecule has 1 aliphatic heterocycles. The smallest absolute Gasteiger partial charge is 0.344 e. The van der Waals surface area contributed by atoms with E-state index in [-0.39, 0.29) is 17.1 Å². The molecule has 1 fully saturated rings. The van der Waals surface area contributed by atoms with Crippen molar-refractivity contribution in [3.8, 4) is 11.5 Å². The van der Waals surface area contributed by atoms with Gasteiger partial charge < -0.3 is 14.6 Å². The van der Waals surface area contributed by atoms with Crippen LogP contribution >= 0.6 is 15.9 Å². The summed E-state index contributed by atoms with van der Waals surface area (Å²) in [5.74, 6) is -1.69. The molecule has 150 valence electrons. The topological polar surface area (TPSA) is 105 Å². The lowest BCUT2D eigenvalue weighted by molar-refractivity contribution is -0.144.